The molecule has 1 atom stereocenters. The van der Waals surface area contributed by atoms with Crippen molar-refractivity contribution < 1.29 is 34.7 Å². The molecule has 0 amide bonds. The molecule has 0 radical (unpaired) electrons. The number of rotatable bonds is 7. The molecule has 0 aliphatic carbocycles. The van der Waals surface area contributed by atoms with E-state index >= 15 is 0 Å². The minimum absolute atomic E-state index is 0.184. The van der Waals surface area contributed by atoms with Crippen LogP contribution >= 0.6 is 0 Å². The maximum Gasteiger partial charge on any atom is 0.488 e. The average molecular weight is 468 g/mol. The Morgan fingerprint density at radius 3 is 2.41 bits per heavy atom. The second-order valence-electron chi connectivity index (χ2n) is 7.16. The Morgan fingerprint density at radius 2 is 1.78 bits per heavy atom. The Balaban J connectivity index is 1.49. The van der Waals surface area contributed by atoms with Crippen LogP contribution in [0.25, 0.3) is 11.3 Å². The second kappa shape index (κ2) is 9.21. The highest BCUT2D eigenvalue weighted by Gasteiger charge is 2.21. The van der Waals surface area contributed by atoms with Gasteiger partial charge >= 0.3 is 10.5 Å². The predicted octanol–water partition coefficient (Wildman–Crippen LogP) is 4.70. The maximum absolute atomic E-state index is 14.7. The van der Waals surface area contributed by atoms with Gasteiger partial charge < -0.3 is 18.2 Å². The summed E-state index contributed by atoms with van der Waals surface area (Å²) in [6.07, 6.45) is 5.65. The first-order valence-electron chi connectivity index (χ1n) is 9.79. The fourth-order valence-electron chi connectivity index (χ4n) is 3.45. The number of nitrogens with zero attached hydrogens (tertiary/aromatic N) is 2. The molecule has 1 aromatic heterocycles. The van der Waals surface area contributed by atoms with Gasteiger partial charge in [0.1, 0.15) is 36.0 Å². The van der Waals surface area contributed by atoms with E-state index in [4.69, 9.17) is 9.47 Å². The smallest absolute Gasteiger partial charge is 0.488 e. The zero-order valence-corrected chi connectivity index (χ0v) is 17.5. The van der Waals surface area contributed by atoms with Gasteiger partial charge in [-0.3, -0.25) is 0 Å². The molecule has 170 valence electrons. The summed E-state index contributed by atoms with van der Waals surface area (Å²) in [4.78, 5) is 4.10. The van der Waals surface area contributed by atoms with Crippen molar-refractivity contribution in [3.05, 3.63) is 66.1 Å². The molecular weight excluding hydrogens is 449 g/mol. The molecule has 1 fully saturated rings. The number of hydrogen-bond acceptors (Lipinski definition) is 6. The average Bonchev–Trinajstić information content (AvgIpc) is 3.24. The zero-order chi connectivity index (χ0) is 22.7. The van der Waals surface area contributed by atoms with Crippen LogP contribution in [0.3, 0.4) is 0 Å². The number of imidazole rings is 1. The van der Waals surface area contributed by atoms with Crippen LogP contribution in [0.4, 0.5) is 12.7 Å². The van der Waals surface area contributed by atoms with E-state index in [2.05, 4.69) is 9.17 Å². The lowest BCUT2D eigenvalue weighted by molar-refractivity contribution is -0.0310. The summed E-state index contributed by atoms with van der Waals surface area (Å²) in [5.41, 5.74) is 0.588. The van der Waals surface area contributed by atoms with Crippen molar-refractivity contribution in [2.75, 3.05) is 6.61 Å². The van der Waals surface area contributed by atoms with Crippen LogP contribution in [0.1, 0.15) is 31.1 Å². The molecule has 0 bridgehead atoms. The molecule has 0 N–H and O–H groups in total. The van der Waals surface area contributed by atoms with Gasteiger partial charge in [0.05, 0.1) is 23.8 Å². The first-order chi connectivity index (χ1) is 15.3. The van der Waals surface area contributed by atoms with Gasteiger partial charge in [0.25, 0.3) is 0 Å². The Bertz CT molecular complexity index is 1170. The number of ether oxygens (including phenoxy) is 2. The fraction of sp³-hybridized carbons (Fsp3) is 0.286. The molecule has 3 aromatic rings. The molecule has 1 saturated heterocycles. The Hall–Kier alpha value is -3.05. The standard InChI is InChI=1S/C21H19F3N2O5S/c22-18-9-14(20-11-25-13-26(20)21-3-1-2-8-29-21)10-19(23)17(18)12-30-15-4-6-16(7-5-15)31-32(24,27)28/h4-7,9-11,13,21H,1-3,8,12H2. The van der Waals surface area contributed by atoms with E-state index in [0.29, 0.717) is 17.9 Å². The molecule has 0 spiro atoms. The second-order valence-corrected chi connectivity index (χ2v) is 8.12. The lowest BCUT2D eigenvalue weighted by Crippen LogP contribution is -2.18. The fourth-order valence-corrected chi connectivity index (χ4v) is 3.79. The highest BCUT2D eigenvalue weighted by atomic mass is 32.3. The van der Waals surface area contributed by atoms with E-state index in [1.165, 1.54) is 30.5 Å². The first-order valence-corrected chi connectivity index (χ1v) is 11.1. The third-order valence-electron chi connectivity index (χ3n) is 4.97. The Morgan fingerprint density at radius 1 is 1.09 bits per heavy atom. The Labute approximate surface area is 182 Å². The number of halogens is 3. The molecule has 1 aliphatic heterocycles. The van der Waals surface area contributed by atoms with Crippen molar-refractivity contribution in [2.24, 2.45) is 0 Å². The van der Waals surface area contributed by atoms with Crippen LogP contribution in [-0.2, 0) is 21.8 Å². The molecule has 32 heavy (non-hydrogen) atoms. The highest BCUT2D eigenvalue weighted by Crippen LogP contribution is 2.31. The SMILES string of the molecule is O=S(=O)(F)Oc1ccc(OCc2c(F)cc(-c3cncn3C3CCCCO3)cc2F)cc1. The molecule has 7 nitrogen and oxygen atoms in total. The van der Waals surface area contributed by atoms with Crippen molar-refractivity contribution in [3.8, 4) is 22.8 Å². The molecule has 0 saturated carbocycles. The largest absolute Gasteiger partial charge is 0.489 e. The lowest BCUT2D eigenvalue weighted by Gasteiger charge is -2.25. The van der Waals surface area contributed by atoms with Crippen molar-refractivity contribution in [2.45, 2.75) is 32.1 Å². The summed E-state index contributed by atoms with van der Waals surface area (Å²) in [5, 5.41) is 0. The van der Waals surface area contributed by atoms with Gasteiger partial charge in [-0.25, -0.2) is 13.8 Å². The molecule has 2 aromatic carbocycles. The van der Waals surface area contributed by atoms with Crippen LogP contribution < -0.4 is 8.92 Å². The molecule has 11 heteroatoms. The number of hydrogen-bond donors (Lipinski definition) is 0. The van der Waals surface area contributed by atoms with Gasteiger partial charge in [-0.1, -0.05) is 3.89 Å². The maximum atomic E-state index is 14.7. The summed E-state index contributed by atoms with van der Waals surface area (Å²) < 4.78 is 79.9. The first kappa shape index (κ1) is 22.2. The van der Waals surface area contributed by atoms with Crippen LogP contribution in [0.15, 0.2) is 48.9 Å². The number of benzene rings is 2. The minimum atomic E-state index is -5.14. The van der Waals surface area contributed by atoms with Gasteiger partial charge in [0.2, 0.25) is 0 Å². The summed E-state index contributed by atoms with van der Waals surface area (Å²) in [5.74, 6) is -1.66. The van der Waals surface area contributed by atoms with E-state index in [0.717, 1.165) is 31.4 Å². The summed E-state index contributed by atoms with van der Waals surface area (Å²) in [6, 6.07) is 7.29. The van der Waals surface area contributed by atoms with Gasteiger partial charge in [0, 0.05) is 12.2 Å². The third-order valence-corrected chi connectivity index (χ3v) is 5.36. The van der Waals surface area contributed by atoms with Crippen molar-refractivity contribution >= 4 is 10.5 Å². The molecule has 2 heterocycles. The molecule has 1 unspecified atom stereocenters. The monoisotopic (exact) mass is 468 g/mol. The number of aromatic nitrogens is 2. The third kappa shape index (κ3) is 5.22. The predicted molar refractivity (Wildman–Crippen MR) is 108 cm³/mol. The summed E-state index contributed by atoms with van der Waals surface area (Å²) in [6.45, 7) is 0.211. The van der Waals surface area contributed by atoms with Crippen LogP contribution in [-0.4, -0.2) is 24.6 Å². The van der Waals surface area contributed by atoms with Gasteiger partial charge in [-0.05, 0) is 55.7 Å². The van der Waals surface area contributed by atoms with E-state index in [9.17, 15) is 21.1 Å². The minimum Gasteiger partial charge on any atom is -0.489 e. The highest BCUT2D eigenvalue weighted by molar-refractivity contribution is 7.81. The molecular formula is C21H19F3N2O5S. The van der Waals surface area contributed by atoms with E-state index in [1.54, 1.807) is 10.9 Å². The van der Waals surface area contributed by atoms with E-state index in [-0.39, 0.29) is 23.3 Å². The van der Waals surface area contributed by atoms with E-state index in [1.807, 2.05) is 0 Å². The van der Waals surface area contributed by atoms with Crippen molar-refractivity contribution in [1.29, 1.82) is 0 Å². The van der Waals surface area contributed by atoms with Gasteiger partial charge in [0.15, 0.2) is 0 Å². The van der Waals surface area contributed by atoms with Crippen molar-refractivity contribution in [3.63, 3.8) is 0 Å². The lowest BCUT2D eigenvalue weighted by atomic mass is 10.1. The van der Waals surface area contributed by atoms with Crippen LogP contribution in [0, 0.1) is 11.6 Å². The van der Waals surface area contributed by atoms with Gasteiger partial charge in [-0.2, -0.15) is 8.42 Å². The van der Waals surface area contributed by atoms with Crippen molar-refractivity contribution in [1.82, 2.24) is 9.55 Å². The quantitative estimate of drug-likeness (QED) is 0.468. The Kier molecular flexibility index (Phi) is 6.38. The summed E-state index contributed by atoms with van der Waals surface area (Å²) >= 11 is 0. The van der Waals surface area contributed by atoms with Crippen LogP contribution in [0.2, 0.25) is 0 Å². The van der Waals surface area contributed by atoms with E-state index < -0.39 is 28.7 Å². The molecule has 1 aliphatic rings. The normalized spacial score (nSPS) is 16.7. The summed E-state index contributed by atoms with van der Waals surface area (Å²) in [7, 11) is -5.14. The zero-order valence-electron chi connectivity index (χ0n) is 16.7. The topological polar surface area (TPSA) is 79.7 Å². The van der Waals surface area contributed by atoms with Crippen LogP contribution in [0.5, 0.6) is 11.5 Å². The molecule has 4 rings (SSSR count). The van der Waals surface area contributed by atoms with Gasteiger partial charge in [-0.15, -0.1) is 0 Å².